The maximum atomic E-state index is 14.6. The summed E-state index contributed by atoms with van der Waals surface area (Å²) in [5, 5.41) is 9.21. The van der Waals surface area contributed by atoms with Gasteiger partial charge in [0.15, 0.2) is 18.1 Å². The van der Waals surface area contributed by atoms with Gasteiger partial charge in [-0.2, -0.15) is 0 Å². The summed E-state index contributed by atoms with van der Waals surface area (Å²) in [5.41, 5.74) is 4.21. The Hall–Kier alpha value is -5.43. The van der Waals surface area contributed by atoms with Crippen LogP contribution in [-0.2, 0) is 52.2 Å². The van der Waals surface area contributed by atoms with Crippen molar-refractivity contribution in [3.8, 4) is 11.5 Å². The second kappa shape index (κ2) is 17.6. The number of amides is 4. The minimum atomic E-state index is -0.981. The summed E-state index contributed by atoms with van der Waals surface area (Å²) in [6.45, 7) is 2.75. The van der Waals surface area contributed by atoms with Crippen LogP contribution in [-0.4, -0.2) is 96.0 Å². The Morgan fingerprint density at radius 2 is 1.77 bits per heavy atom. The molecule has 2 aliphatic heterocycles. The fraction of sp³-hybridized carbons (Fsp3) is 0.465. The van der Waals surface area contributed by atoms with Crippen LogP contribution in [0.5, 0.6) is 11.5 Å². The molecule has 3 aromatic carbocycles. The van der Waals surface area contributed by atoms with Gasteiger partial charge >= 0.3 is 0 Å². The molecule has 3 aliphatic rings. The van der Waals surface area contributed by atoms with Gasteiger partial charge in [0.2, 0.25) is 17.7 Å². The standard InChI is InChI=1S/C43H53N7O6/c1-48-35-11-6-5-10-34(35)47-38(48)25-45-42(54)43(23-30-13-14-30)24-31-15-16-36(55-2)37(22-31)56-28-40(52)44-18-21-50(19-7-12-39(51)46-29-43)41(53)27-49-20-17-32-8-3-4-9-33(32)26-49/h3-6,8-11,15-16,22,30H,7,12-14,17-21,23-29H2,1-2H3,(H,44,52)(H,45,54)(H,46,51). The van der Waals surface area contributed by atoms with E-state index in [2.05, 4.69) is 33.0 Å². The van der Waals surface area contributed by atoms with Crippen LogP contribution in [0.3, 0.4) is 0 Å². The van der Waals surface area contributed by atoms with Crippen molar-refractivity contribution in [1.82, 2.24) is 35.3 Å². The zero-order chi connectivity index (χ0) is 39.1. The highest BCUT2D eigenvalue weighted by atomic mass is 16.5. The summed E-state index contributed by atoms with van der Waals surface area (Å²) >= 11 is 0. The first kappa shape index (κ1) is 38.8. The molecule has 3 N–H and O–H groups in total. The predicted molar refractivity (Wildman–Crippen MR) is 212 cm³/mol. The average Bonchev–Trinajstić information content (AvgIpc) is 3.97. The average molecular weight is 764 g/mol. The van der Waals surface area contributed by atoms with Crippen molar-refractivity contribution < 1.29 is 28.7 Å². The Bertz CT molecular complexity index is 2060. The highest BCUT2D eigenvalue weighted by Gasteiger charge is 2.43. The second-order valence-electron chi connectivity index (χ2n) is 15.5. The number of hydrogen-bond donors (Lipinski definition) is 3. The number of methoxy groups -OCH3 is 1. The molecule has 1 fully saturated rings. The van der Waals surface area contributed by atoms with Crippen molar-refractivity contribution in [2.45, 2.75) is 58.0 Å². The molecule has 1 aliphatic carbocycles. The number of aromatic nitrogens is 2. The topological polar surface area (TPSA) is 147 Å². The Morgan fingerprint density at radius 1 is 0.964 bits per heavy atom. The van der Waals surface area contributed by atoms with Gasteiger partial charge in [-0.1, -0.05) is 55.3 Å². The van der Waals surface area contributed by atoms with E-state index in [4.69, 9.17) is 14.5 Å². The van der Waals surface area contributed by atoms with Gasteiger partial charge in [-0.05, 0) is 72.6 Å². The number of benzene rings is 3. The summed E-state index contributed by atoms with van der Waals surface area (Å²) in [6, 6.07) is 21.7. The molecule has 1 aromatic heterocycles. The van der Waals surface area contributed by atoms with Crippen LogP contribution in [0.2, 0.25) is 0 Å². The van der Waals surface area contributed by atoms with Crippen LogP contribution in [0.15, 0.2) is 66.7 Å². The molecule has 3 heterocycles. The third-order valence-corrected chi connectivity index (χ3v) is 11.4. The maximum Gasteiger partial charge on any atom is 0.258 e. The van der Waals surface area contributed by atoms with Crippen molar-refractivity contribution in [3.63, 3.8) is 0 Å². The first-order valence-electron chi connectivity index (χ1n) is 19.8. The quantitative estimate of drug-likeness (QED) is 0.247. The molecule has 4 aromatic rings. The van der Waals surface area contributed by atoms with Crippen LogP contribution in [0.4, 0.5) is 0 Å². The molecule has 1 saturated carbocycles. The number of imidazole rings is 1. The summed E-state index contributed by atoms with van der Waals surface area (Å²) in [7, 11) is 3.48. The molecule has 1 atom stereocenters. The Labute approximate surface area is 328 Å². The maximum absolute atomic E-state index is 14.6. The molecule has 13 heteroatoms. The zero-order valence-electron chi connectivity index (χ0n) is 32.5. The number of fused-ring (bicyclic) bond motifs is 4. The van der Waals surface area contributed by atoms with E-state index in [-0.39, 0.29) is 62.8 Å². The van der Waals surface area contributed by atoms with Crippen molar-refractivity contribution in [2.24, 2.45) is 18.4 Å². The lowest BCUT2D eigenvalue weighted by atomic mass is 9.75. The van der Waals surface area contributed by atoms with E-state index in [0.29, 0.717) is 56.3 Å². The Kier molecular flexibility index (Phi) is 12.2. The lowest BCUT2D eigenvalue weighted by molar-refractivity contribution is -0.134. The number of carbonyl (C=O) groups excluding carboxylic acids is 4. The monoisotopic (exact) mass is 763 g/mol. The molecule has 4 amide bonds. The Balaban J connectivity index is 1.10. The second-order valence-corrected chi connectivity index (χ2v) is 15.5. The van der Waals surface area contributed by atoms with E-state index in [9.17, 15) is 19.2 Å². The summed E-state index contributed by atoms with van der Waals surface area (Å²) in [6.07, 6.45) is 4.47. The number of rotatable bonds is 8. The van der Waals surface area contributed by atoms with E-state index in [1.807, 2.05) is 60.1 Å². The molecule has 56 heavy (non-hydrogen) atoms. The highest BCUT2D eigenvalue weighted by Crippen LogP contribution is 2.43. The normalized spacial score (nSPS) is 20.1. The number of nitrogens with one attached hydrogen (secondary N) is 3. The molecule has 13 nitrogen and oxygen atoms in total. The predicted octanol–water partition coefficient (Wildman–Crippen LogP) is 3.52. The van der Waals surface area contributed by atoms with E-state index >= 15 is 0 Å². The van der Waals surface area contributed by atoms with E-state index < -0.39 is 5.41 Å². The van der Waals surface area contributed by atoms with Crippen molar-refractivity contribution in [2.75, 3.05) is 53.0 Å². The molecule has 0 radical (unpaired) electrons. The summed E-state index contributed by atoms with van der Waals surface area (Å²) in [5.74, 6) is 1.20. The van der Waals surface area contributed by atoms with Gasteiger partial charge in [0.1, 0.15) is 5.82 Å². The van der Waals surface area contributed by atoms with E-state index in [1.165, 1.54) is 18.2 Å². The number of nitrogens with zero attached hydrogens (tertiary/aromatic N) is 4. The first-order valence-corrected chi connectivity index (χ1v) is 19.8. The fourth-order valence-electron chi connectivity index (χ4n) is 8.02. The third kappa shape index (κ3) is 9.50. The van der Waals surface area contributed by atoms with Crippen LogP contribution in [0.25, 0.3) is 11.0 Å². The summed E-state index contributed by atoms with van der Waals surface area (Å²) < 4.78 is 13.6. The molecule has 1 unspecified atom stereocenters. The lowest BCUT2D eigenvalue weighted by Gasteiger charge is -2.33. The Morgan fingerprint density at radius 3 is 2.57 bits per heavy atom. The first-order chi connectivity index (χ1) is 27.2. The number of hydrogen-bond acceptors (Lipinski definition) is 8. The molecule has 7 rings (SSSR count). The summed E-state index contributed by atoms with van der Waals surface area (Å²) in [4.78, 5) is 63.5. The smallest absolute Gasteiger partial charge is 0.258 e. The largest absolute Gasteiger partial charge is 0.493 e. The minimum Gasteiger partial charge on any atom is -0.493 e. The minimum absolute atomic E-state index is 0.0491. The number of ether oxygens (including phenoxy) is 2. The van der Waals surface area contributed by atoms with Crippen molar-refractivity contribution in [1.29, 1.82) is 0 Å². The molecular weight excluding hydrogens is 711 g/mol. The van der Waals surface area contributed by atoms with Crippen LogP contribution in [0.1, 0.15) is 54.6 Å². The van der Waals surface area contributed by atoms with Gasteiger partial charge in [0.25, 0.3) is 5.91 Å². The molecule has 0 spiro atoms. The zero-order valence-corrected chi connectivity index (χ0v) is 32.5. The lowest BCUT2D eigenvalue weighted by Crippen LogP contribution is -2.50. The van der Waals surface area contributed by atoms with Gasteiger partial charge < -0.3 is 34.9 Å². The van der Waals surface area contributed by atoms with Gasteiger partial charge in [-0.15, -0.1) is 0 Å². The van der Waals surface area contributed by atoms with Gasteiger partial charge in [-0.3, -0.25) is 24.1 Å². The van der Waals surface area contributed by atoms with E-state index in [0.717, 1.165) is 48.2 Å². The van der Waals surface area contributed by atoms with Crippen molar-refractivity contribution >= 4 is 34.7 Å². The number of carbonyl (C=O) groups is 4. The van der Waals surface area contributed by atoms with Crippen LogP contribution >= 0.6 is 0 Å². The SMILES string of the molecule is COc1ccc2cc1OCC(=O)NCCN(C(=O)CN1CCc3ccccc3C1)CCCC(=O)NCC(CC1CC1)(C(=O)NCc1nc3ccccc3n1C)C2. The van der Waals surface area contributed by atoms with Gasteiger partial charge in [-0.25, -0.2) is 4.98 Å². The molecular formula is C43H53N7O6. The van der Waals surface area contributed by atoms with Gasteiger partial charge in [0, 0.05) is 52.7 Å². The molecule has 0 saturated heterocycles. The molecule has 2 bridgehead atoms. The van der Waals surface area contributed by atoms with Crippen LogP contribution < -0.4 is 25.4 Å². The number of aryl methyl sites for hydroxylation is 1. The van der Waals surface area contributed by atoms with Crippen molar-refractivity contribution in [3.05, 3.63) is 89.2 Å². The highest BCUT2D eigenvalue weighted by molar-refractivity contribution is 5.85. The third-order valence-electron chi connectivity index (χ3n) is 11.4. The van der Waals surface area contributed by atoms with Gasteiger partial charge in [0.05, 0.1) is 36.6 Å². The molecule has 296 valence electrons. The van der Waals surface area contributed by atoms with E-state index in [1.54, 1.807) is 11.0 Å². The van der Waals surface area contributed by atoms with Crippen LogP contribution in [0, 0.1) is 11.3 Å². The number of para-hydroxylation sites is 2. The fourth-order valence-corrected chi connectivity index (χ4v) is 8.02.